The summed E-state index contributed by atoms with van der Waals surface area (Å²) in [5.74, 6) is 2.12. The van der Waals surface area contributed by atoms with E-state index in [1.807, 2.05) is 31.2 Å². The van der Waals surface area contributed by atoms with Crippen molar-refractivity contribution in [2.24, 2.45) is 0 Å². The Morgan fingerprint density at radius 1 is 1.00 bits per heavy atom. The summed E-state index contributed by atoms with van der Waals surface area (Å²) in [6, 6.07) is 16.3. The SMILES string of the molecule is Cc1ccc(CSc2nnc(COc3ccccc3C)o2)cc1. The van der Waals surface area contributed by atoms with Gasteiger partial charge in [0.2, 0.25) is 0 Å². The molecule has 3 rings (SSSR count). The molecule has 0 bridgehead atoms. The number of para-hydroxylation sites is 1. The predicted molar refractivity (Wildman–Crippen MR) is 90.5 cm³/mol. The van der Waals surface area contributed by atoms with Gasteiger partial charge in [-0.05, 0) is 31.0 Å². The summed E-state index contributed by atoms with van der Waals surface area (Å²) in [4.78, 5) is 0. The Morgan fingerprint density at radius 2 is 1.78 bits per heavy atom. The van der Waals surface area contributed by atoms with Gasteiger partial charge in [-0.15, -0.1) is 10.2 Å². The van der Waals surface area contributed by atoms with E-state index in [1.54, 1.807) is 0 Å². The molecule has 0 saturated carbocycles. The second-order valence-electron chi connectivity index (χ2n) is 5.29. The lowest BCUT2D eigenvalue weighted by Crippen LogP contribution is -1.97. The van der Waals surface area contributed by atoms with Crippen LogP contribution in [0.2, 0.25) is 0 Å². The van der Waals surface area contributed by atoms with Crippen molar-refractivity contribution in [1.82, 2.24) is 10.2 Å². The third kappa shape index (κ3) is 4.36. The molecule has 0 unspecified atom stereocenters. The highest BCUT2D eigenvalue weighted by atomic mass is 32.2. The molecule has 118 valence electrons. The Labute approximate surface area is 139 Å². The maximum Gasteiger partial charge on any atom is 0.277 e. The van der Waals surface area contributed by atoms with Crippen LogP contribution in [0.4, 0.5) is 0 Å². The molecule has 3 aromatic rings. The van der Waals surface area contributed by atoms with Gasteiger partial charge >= 0.3 is 0 Å². The number of aryl methyl sites for hydroxylation is 2. The van der Waals surface area contributed by atoms with Crippen LogP contribution in [0.5, 0.6) is 5.75 Å². The van der Waals surface area contributed by atoms with E-state index in [1.165, 1.54) is 22.9 Å². The molecule has 0 N–H and O–H groups in total. The van der Waals surface area contributed by atoms with Crippen molar-refractivity contribution in [3.63, 3.8) is 0 Å². The van der Waals surface area contributed by atoms with Gasteiger partial charge in [0.1, 0.15) is 5.75 Å². The first-order chi connectivity index (χ1) is 11.2. The van der Waals surface area contributed by atoms with Crippen LogP contribution in [0.1, 0.15) is 22.6 Å². The fourth-order valence-corrected chi connectivity index (χ4v) is 2.78. The van der Waals surface area contributed by atoms with Crippen LogP contribution in [0, 0.1) is 13.8 Å². The van der Waals surface area contributed by atoms with Gasteiger partial charge in [-0.2, -0.15) is 0 Å². The molecule has 5 heteroatoms. The lowest BCUT2D eigenvalue weighted by Gasteiger charge is -2.05. The zero-order valence-electron chi connectivity index (χ0n) is 13.2. The molecule has 23 heavy (non-hydrogen) atoms. The fraction of sp³-hybridized carbons (Fsp3) is 0.222. The van der Waals surface area contributed by atoms with Gasteiger partial charge < -0.3 is 9.15 Å². The molecule has 0 amide bonds. The zero-order chi connectivity index (χ0) is 16.1. The third-order valence-corrected chi connectivity index (χ3v) is 4.27. The monoisotopic (exact) mass is 326 g/mol. The van der Waals surface area contributed by atoms with Gasteiger partial charge in [0.05, 0.1) is 0 Å². The van der Waals surface area contributed by atoms with E-state index in [9.17, 15) is 0 Å². The van der Waals surface area contributed by atoms with E-state index >= 15 is 0 Å². The maximum atomic E-state index is 5.71. The molecule has 0 saturated heterocycles. The van der Waals surface area contributed by atoms with Gasteiger partial charge in [-0.25, -0.2) is 0 Å². The molecule has 1 aromatic heterocycles. The van der Waals surface area contributed by atoms with Crippen LogP contribution in [0.15, 0.2) is 58.2 Å². The van der Waals surface area contributed by atoms with E-state index in [0.717, 1.165) is 17.1 Å². The van der Waals surface area contributed by atoms with Gasteiger partial charge in [0.15, 0.2) is 6.61 Å². The van der Waals surface area contributed by atoms with Crippen molar-refractivity contribution >= 4 is 11.8 Å². The average Bonchev–Trinajstić information content (AvgIpc) is 3.02. The quantitative estimate of drug-likeness (QED) is 0.622. The first kappa shape index (κ1) is 15.6. The second-order valence-corrected chi connectivity index (χ2v) is 6.22. The number of nitrogens with zero attached hydrogens (tertiary/aromatic N) is 2. The molecule has 0 aliphatic rings. The minimum Gasteiger partial charge on any atom is -0.484 e. The average molecular weight is 326 g/mol. The number of aromatic nitrogens is 2. The molecule has 1 heterocycles. The summed E-state index contributed by atoms with van der Waals surface area (Å²) in [5, 5.41) is 8.64. The summed E-state index contributed by atoms with van der Waals surface area (Å²) < 4.78 is 11.3. The number of ether oxygens (including phenoxy) is 1. The summed E-state index contributed by atoms with van der Waals surface area (Å²) in [6.07, 6.45) is 0. The van der Waals surface area contributed by atoms with E-state index in [-0.39, 0.29) is 6.61 Å². The van der Waals surface area contributed by atoms with Gasteiger partial charge in [-0.1, -0.05) is 59.8 Å². The van der Waals surface area contributed by atoms with Crippen molar-refractivity contribution in [3.05, 3.63) is 71.1 Å². The second kappa shape index (κ2) is 7.33. The van der Waals surface area contributed by atoms with E-state index in [2.05, 4.69) is 41.4 Å². The Morgan fingerprint density at radius 3 is 2.57 bits per heavy atom. The summed E-state index contributed by atoms with van der Waals surface area (Å²) in [5.41, 5.74) is 3.57. The van der Waals surface area contributed by atoms with Crippen molar-refractivity contribution < 1.29 is 9.15 Å². The van der Waals surface area contributed by atoms with Gasteiger partial charge in [0.25, 0.3) is 11.1 Å². The molecular formula is C18H18N2O2S. The Kier molecular flexibility index (Phi) is 4.98. The maximum absolute atomic E-state index is 5.71. The third-order valence-electron chi connectivity index (χ3n) is 3.38. The van der Waals surface area contributed by atoms with Crippen LogP contribution >= 0.6 is 11.8 Å². The largest absolute Gasteiger partial charge is 0.484 e. The lowest BCUT2D eigenvalue weighted by molar-refractivity contribution is 0.251. The minimum absolute atomic E-state index is 0.281. The number of hydrogen-bond donors (Lipinski definition) is 0. The predicted octanol–water partition coefficient (Wildman–Crippen LogP) is 4.56. The summed E-state index contributed by atoms with van der Waals surface area (Å²) in [7, 11) is 0. The van der Waals surface area contributed by atoms with Crippen molar-refractivity contribution in [2.45, 2.75) is 31.4 Å². The zero-order valence-corrected chi connectivity index (χ0v) is 14.0. The van der Waals surface area contributed by atoms with E-state index < -0.39 is 0 Å². The highest BCUT2D eigenvalue weighted by molar-refractivity contribution is 7.98. The molecule has 0 fully saturated rings. The first-order valence-electron chi connectivity index (χ1n) is 7.40. The molecule has 0 aliphatic carbocycles. The van der Waals surface area contributed by atoms with Crippen LogP contribution in [-0.2, 0) is 12.4 Å². The van der Waals surface area contributed by atoms with Gasteiger partial charge in [-0.3, -0.25) is 0 Å². The Balaban J connectivity index is 1.53. The number of benzene rings is 2. The lowest BCUT2D eigenvalue weighted by atomic mass is 10.2. The molecule has 2 aromatic carbocycles. The first-order valence-corrected chi connectivity index (χ1v) is 8.38. The molecule has 0 spiro atoms. The van der Waals surface area contributed by atoms with Crippen LogP contribution in [0.25, 0.3) is 0 Å². The van der Waals surface area contributed by atoms with Crippen LogP contribution in [0.3, 0.4) is 0 Å². The number of hydrogen-bond acceptors (Lipinski definition) is 5. The molecule has 0 atom stereocenters. The van der Waals surface area contributed by atoms with Crippen molar-refractivity contribution in [1.29, 1.82) is 0 Å². The molecule has 4 nitrogen and oxygen atoms in total. The van der Waals surface area contributed by atoms with Crippen LogP contribution < -0.4 is 4.74 Å². The van der Waals surface area contributed by atoms with Crippen molar-refractivity contribution in [3.8, 4) is 5.75 Å². The van der Waals surface area contributed by atoms with Gasteiger partial charge in [0, 0.05) is 5.75 Å². The topological polar surface area (TPSA) is 48.2 Å². The van der Waals surface area contributed by atoms with E-state index in [0.29, 0.717) is 11.1 Å². The fourth-order valence-electron chi connectivity index (χ4n) is 2.04. The van der Waals surface area contributed by atoms with E-state index in [4.69, 9.17) is 9.15 Å². The summed E-state index contributed by atoms with van der Waals surface area (Å²) >= 11 is 1.53. The van der Waals surface area contributed by atoms with Crippen LogP contribution in [-0.4, -0.2) is 10.2 Å². The Bertz CT molecular complexity index is 769. The Hall–Kier alpha value is -2.27. The minimum atomic E-state index is 0.281. The normalized spacial score (nSPS) is 10.7. The number of rotatable bonds is 6. The number of thioether (sulfide) groups is 1. The highest BCUT2D eigenvalue weighted by Gasteiger charge is 2.08. The molecule has 0 radical (unpaired) electrons. The van der Waals surface area contributed by atoms with Crippen molar-refractivity contribution in [2.75, 3.05) is 0 Å². The standard InChI is InChI=1S/C18H18N2O2S/c1-13-7-9-15(10-8-13)12-23-18-20-19-17(22-18)11-21-16-6-4-3-5-14(16)2/h3-10H,11-12H2,1-2H3. The molecular weight excluding hydrogens is 308 g/mol. The molecule has 0 aliphatic heterocycles. The smallest absolute Gasteiger partial charge is 0.277 e. The highest BCUT2D eigenvalue weighted by Crippen LogP contribution is 2.23. The summed E-state index contributed by atoms with van der Waals surface area (Å²) in [6.45, 7) is 4.37.